The summed E-state index contributed by atoms with van der Waals surface area (Å²) in [6.07, 6.45) is 0.199. The van der Waals surface area contributed by atoms with Crippen molar-refractivity contribution in [2.45, 2.75) is 44.1 Å². The van der Waals surface area contributed by atoms with Crippen LogP contribution in [0, 0.1) is 0 Å². The molecule has 0 aromatic heterocycles. The molecule has 0 amide bonds. The zero-order valence-corrected chi connectivity index (χ0v) is 9.42. The lowest BCUT2D eigenvalue weighted by atomic mass is 9.73. The number of aryl methyl sites for hydroxylation is 1. The highest BCUT2D eigenvalue weighted by Crippen LogP contribution is 2.40. The molecule has 0 fully saturated rings. The lowest BCUT2D eigenvalue weighted by molar-refractivity contribution is 0.0440. The molecule has 16 heavy (non-hydrogen) atoms. The Bertz CT molecular complexity index is 374. The van der Waals surface area contributed by atoms with Gasteiger partial charge in [0.05, 0.1) is 5.54 Å². The van der Waals surface area contributed by atoms with Crippen molar-refractivity contribution in [1.29, 1.82) is 0 Å². The third kappa shape index (κ3) is 1.84. The first-order valence-corrected chi connectivity index (χ1v) is 5.68. The predicted molar refractivity (Wildman–Crippen MR) is 60.7 cm³/mol. The van der Waals surface area contributed by atoms with Crippen LogP contribution in [0.3, 0.4) is 0 Å². The second kappa shape index (κ2) is 4.13. The van der Waals surface area contributed by atoms with E-state index in [0.29, 0.717) is 0 Å². The van der Waals surface area contributed by atoms with Crippen LogP contribution in [0.15, 0.2) is 24.3 Å². The van der Waals surface area contributed by atoms with Gasteiger partial charge in [-0.05, 0) is 37.3 Å². The monoisotopic (exact) mass is 225 g/mol. The molecule has 1 aliphatic carbocycles. The van der Waals surface area contributed by atoms with Gasteiger partial charge in [-0.3, -0.25) is 0 Å². The Labute approximate surface area is 94.7 Å². The minimum Gasteiger partial charge on any atom is -0.320 e. The Balaban J connectivity index is 2.39. The average Bonchev–Trinajstić information content (AvgIpc) is 2.28. The van der Waals surface area contributed by atoms with Gasteiger partial charge >= 0.3 is 0 Å². The summed E-state index contributed by atoms with van der Waals surface area (Å²) in [5.41, 5.74) is 6.57. The van der Waals surface area contributed by atoms with Gasteiger partial charge in [0.1, 0.15) is 0 Å². The van der Waals surface area contributed by atoms with Gasteiger partial charge in [-0.1, -0.05) is 24.3 Å². The van der Waals surface area contributed by atoms with Crippen molar-refractivity contribution in [3.8, 4) is 0 Å². The molecule has 2 rings (SSSR count). The van der Waals surface area contributed by atoms with Gasteiger partial charge in [-0.2, -0.15) is 0 Å². The molecule has 1 aromatic carbocycles. The summed E-state index contributed by atoms with van der Waals surface area (Å²) in [5, 5.41) is 0. The van der Waals surface area contributed by atoms with Crippen molar-refractivity contribution in [2.24, 2.45) is 5.73 Å². The van der Waals surface area contributed by atoms with E-state index in [1.54, 1.807) is 0 Å². The first-order valence-electron chi connectivity index (χ1n) is 5.68. The Morgan fingerprint density at radius 2 is 2.06 bits per heavy atom. The Hall–Kier alpha value is -0.960. The smallest absolute Gasteiger partial charge is 0.256 e. The van der Waals surface area contributed by atoms with Crippen molar-refractivity contribution in [3.63, 3.8) is 0 Å². The van der Waals surface area contributed by atoms with E-state index in [-0.39, 0.29) is 5.92 Å². The first-order chi connectivity index (χ1) is 7.53. The molecule has 0 heterocycles. The van der Waals surface area contributed by atoms with Crippen molar-refractivity contribution < 1.29 is 8.78 Å². The topological polar surface area (TPSA) is 26.0 Å². The van der Waals surface area contributed by atoms with Crippen LogP contribution in [0.1, 0.15) is 36.8 Å². The minimum atomic E-state index is -2.48. The highest BCUT2D eigenvalue weighted by molar-refractivity contribution is 5.35. The van der Waals surface area contributed by atoms with Crippen molar-refractivity contribution in [1.82, 2.24) is 0 Å². The molecule has 1 aromatic rings. The van der Waals surface area contributed by atoms with Gasteiger partial charge in [0.15, 0.2) is 0 Å². The first kappa shape index (κ1) is 11.5. The van der Waals surface area contributed by atoms with Gasteiger partial charge in [0, 0.05) is 5.92 Å². The van der Waals surface area contributed by atoms with E-state index in [2.05, 4.69) is 0 Å². The van der Waals surface area contributed by atoms with Gasteiger partial charge in [-0.25, -0.2) is 8.78 Å². The summed E-state index contributed by atoms with van der Waals surface area (Å²) in [7, 11) is 0. The lowest BCUT2D eigenvalue weighted by Crippen LogP contribution is -2.50. The normalized spacial score (nSPS) is 23.9. The number of halogens is 2. The molecule has 0 saturated carbocycles. The predicted octanol–water partition coefficient (Wildman–Crippen LogP) is 3.09. The number of benzene rings is 1. The minimum absolute atomic E-state index is 0.225. The number of rotatable bonds is 2. The molecular formula is C13H17F2N. The fourth-order valence-electron chi connectivity index (χ4n) is 2.55. The second-order valence-corrected chi connectivity index (χ2v) is 4.81. The third-order valence-electron chi connectivity index (χ3n) is 3.59. The second-order valence-electron chi connectivity index (χ2n) is 4.81. The summed E-state index contributed by atoms with van der Waals surface area (Å²) in [4.78, 5) is 0. The Kier molecular flexibility index (Phi) is 2.98. The van der Waals surface area contributed by atoms with Gasteiger partial charge in [0.25, 0.3) is 6.43 Å². The van der Waals surface area contributed by atoms with E-state index < -0.39 is 12.0 Å². The molecule has 2 atom stereocenters. The van der Waals surface area contributed by atoms with E-state index in [1.165, 1.54) is 12.5 Å². The van der Waals surface area contributed by atoms with Crippen molar-refractivity contribution in [3.05, 3.63) is 35.4 Å². The molecule has 2 N–H and O–H groups in total. The third-order valence-corrected chi connectivity index (χ3v) is 3.59. The van der Waals surface area contributed by atoms with Gasteiger partial charge in [0.2, 0.25) is 0 Å². The number of alkyl halides is 2. The van der Waals surface area contributed by atoms with Crippen LogP contribution < -0.4 is 5.73 Å². The SMILES string of the molecule is CC(N)(C(F)F)C1CCCc2ccccc21. The van der Waals surface area contributed by atoms with Gasteiger partial charge in [-0.15, -0.1) is 0 Å². The highest BCUT2D eigenvalue weighted by Gasteiger charge is 2.41. The molecule has 0 bridgehead atoms. The number of hydrogen-bond acceptors (Lipinski definition) is 1. The zero-order valence-electron chi connectivity index (χ0n) is 9.42. The van der Waals surface area contributed by atoms with E-state index >= 15 is 0 Å². The van der Waals surface area contributed by atoms with Crippen LogP contribution in [-0.4, -0.2) is 12.0 Å². The summed E-state index contributed by atoms with van der Waals surface area (Å²) in [6, 6.07) is 7.81. The number of hydrogen-bond donors (Lipinski definition) is 1. The summed E-state index contributed by atoms with van der Waals surface area (Å²) < 4.78 is 25.9. The molecule has 0 saturated heterocycles. The van der Waals surface area contributed by atoms with E-state index in [4.69, 9.17) is 5.73 Å². The molecule has 3 heteroatoms. The standard InChI is InChI=1S/C13H17F2N/c1-13(16,12(14)15)11-8-4-6-9-5-2-3-7-10(9)11/h2-3,5,7,11-12H,4,6,8,16H2,1H3. The number of fused-ring (bicyclic) bond motifs is 1. The zero-order chi connectivity index (χ0) is 11.8. The molecule has 0 spiro atoms. The fraction of sp³-hybridized carbons (Fsp3) is 0.538. The van der Waals surface area contributed by atoms with Crippen LogP contribution in [0.4, 0.5) is 8.78 Å². The molecule has 1 nitrogen and oxygen atoms in total. The lowest BCUT2D eigenvalue weighted by Gasteiger charge is -2.37. The molecule has 2 unspecified atom stereocenters. The van der Waals surface area contributed by atoms with Crippen molar-refractivity contribution >= 4 is 0 Å². The van der Waals surface area contributed by atoms with Crippen molar-refractivity contribution in [2.75, 3.05) is 0 Å². The van der Waals surface area contributed by atoms with E-state index in [9.17, 15) is 8.78 Å². The molecular weight excluding hydrogens is 208 g/mol. The van der Waals surface area contributed by atoms with Crippen LogP contribution in [0.25, 0.3) is 0 Å². The number of nitrogens with two attached hydrogens (primary N) is 1. The quantitative estimate of drug-likeness (QED) is 0.822. The highest BCUT2D eigenvalue weighted by atomic mass is 19.3. The molecule has 0 aliphatic heterocycles. The van der Waals surface area contributed by atoms with E-state index in [1.807, 2.05) is 24.3 Å². The van der Waals surface area contributed by atoms with Gasteiger partial charge < -0.3 is 5.73 Å². The molecule has 1 aliphatic rings. The maximum atomic E-state index is 13.0. The van der Waals surface area contributed by atoms with Crippen LogP contribution in [0.2, 0.25) is 0 Å². The molecule has 0 radical (unpaired) electrons. The largest absolute Gasteiger partial charge is 0.320 e. The average molecular weight is 225 g/mol. The maximum Gasteiger partial charge on any atom is 0.256 e. The Morgan fingerprint density at radius 1 is 1.38 bits per heavy atom. The summed E-state index contributed by atoms with van der Waals surface area (Å²) in [6.45, 7) is 1.46. The van der Waals surface area contributed by atoms with Crippen LogP contribution in [-0.2, 0) is 6.42 Å². The van der Waals surface area contributed by atoms with E-state index in [0.717, 1.165) is 24.8 Å². The maximum absolute atomic E-state index is 13.0. The molecule has 88 valence electrons. The summed E-state index contributed by atoms with van der Waals surface area (Å²) in [5.74, 6) is -0.225. The summed E-state index contributed by atoms with van der Waals surface area (Å²) >= 11 is 0. The Morgan fingerprint density at radius 3 is 2.75 bits per heavy atom. The van der Waals surface area contributed by atoms with Crippen LogP contribution >= 0.6 is 0 Å². The van der Waals surface area contributed by atoms with Crippen LogP contribution in [0.5, 0.6) is 0 Å². The fourth-order valence-corrected chi connectivity index (χ4v) is 2.55.